The molecule has 0 radical (unpaired) electrons. The van der Waals surface area contributed by atoms with Gasteiger partial charge in [0.1, 0.15) is 6.17 Å². The van der Waals surface area contributed by atoms with Crippen LogP contribution in [-0.2, 0) is 11.0 Å². The van der Waals surface area contributed by atoms with Gasteiger partial charge in [0.25, 0.3) is 0 Å². The average Bonchev–Trinajstić information content (AvgIpc) is 2.99. The van der Waals surface area contributed by atoms with Crippen molar-refractivity contribution in [3.05, 3.63) is 35.4 Å². The van der Waals surface area contributed by atoms with Crippen LogP contribution in [0.4, 0.5) is 13.2 Å². The van der Waals surface area contributed by atoms with Crippen molar-refractivity contribution in [2.75, 3.05) is 13.1 Å². The van der Waals surface area contributed by atoms with Crippen LogP contribution in [0.5, 0.6) is 0 Å². The normalized spacial score (nSPS) is 29.0. The van der Waals surface area contributed by atoms with Crippen molar-refractivity contribution in [2.45, 2.75) is 25.7 Å². The molecule has 3 nitrogen and oxygen atoms in total. The average molecular weight is 298 g/mol. The van der Waals surface area contributed by atoms with Crippen molar-refractivity contribution in [3.8, 4) is 0 Å². The third-order valence-electron chi connectivity index (χ3n) is 4.35. The molecule has 1 aromatic carbocycles. The van der Waals surface area contributed by atoms with Gasteiger partial charge in [-0.3, -0.25) is 10.1 Å². The molecule has 1 heterocycles. The zero-order chi connectivity index (χ0) is 15.2. The fraction of sp³-hybridized carbons (Fsp3) is 0.533. The smallest absolute Gasteiger partial charge is 0.322 e. The van der Waals surface area contributed by atoms with Gasteiger partial charge in [-0.15, -0.1) is 0 Å². The summed E-state index contributed by atoms with van der Waals surface area (Å²) in [6.07, 6.45) is -4.05. The van der Waals surface area contributed by atoms with Gasteiger partial charge in [0.15, 0.2) is 0 Å². The maximum atomic E-state index is 13.1. The van der Waals surface area contributed by atoms with Gasteiger partial charge in [-0.05, 0) is 24.3 Å². The number of hydrogen-bond acceptors (Lipinski definition) is 2. The van der Waals surface area contributed by atoms with Gasteiger partial charge in [0.05, 0.1) is 12.1 Å². The summed E-state index contributed by atoms with van der Waals surface area (Å²) in [5.41, 5.74) is -0.546. The number of nitrogens with one attached hydrogen (secondary N) is 1. The van der Waals surface area contributed by atoms with E-state index >= 15 is 0 Å². The van der Waals surface area contributed by atoms with E-state index in [1.807, 2.05) is 0 Å². The van der Waals surface area contributed by atoms with E-state index in [0.717, 1.165) is 12.5 Å². The van der Waals surface area contributed by atoms with Crippen LogP contribution in [0.1, 0.15) is 30.6 Å². The van der Waals surface area contributed by atoms with Crippen molar-refractivity contribution in [1.29, 1.82) is 0 Å². The molecule has 21 heavy (non-hydrogen) atoms. The molecule has 1 aliphatic heterocycles. The van der Waals surface area contributed by atoms with Gasteiger partial charge in [0.2, 0.25) is 5.91 Å². The highest BCUT2D eigenvalue weighted by Crippen LogP contribution is 2.41. The first-order valence-corrected chi connectivity index (χ1v) is 7.07. The van der Waals surface area contributed by atoms with E-state index in [1.165, 1.54) is 12.1 Å². The van der Waals surface area contributed by atoms with E-state index in [4.69, 9.17) is 0 Å². The molecule has 3 atom stereocenters. The molecule has 1 amide bonds. The number of carbonyl (C=O) groups is 1. The Bertz CT molecular complexity index is 558. The Hall–Kier alpha value is -1.56. The highest BCUT2D eigenvalue weighted by Gasteiger charge is 2.43. The van der Waals surface area contributed by atoms with E-state index in [2.05, 4.69) is 12.2 Å². The molecule has 1 saturated heterocycles. The largest absolute Gasteiger partial charge is 0.416 e. The summed E-state index contributed by atoms with van der Waals surface area (Å²) in [7, 11) is 0. The fourth-order valence-corrected chi connectivity index (χ4v) is 2.92. The fourth-order valence-electron chi connectivity index (χ4n) is 2.92. The second-order valence-electron chi connectivity index (χ2n) is 5.89. The number of amides is 1. The number of nitrogens with zero attached hydrogens (tertiary/aromatic N) is 1. The van der Waals surface area contributed by atoms with Gasteiger partial charge >= 0.3 is 6.18 Å². The van der Waals surface area contributed by atoms with Crippen LogP contribution in [0.2, 0.25) is 0 Å². The van der Waals surface area contributed by atoms with Crippen LogP contribution in [0.15, 0.2) is 24.3 Å². The molecule has 2 fully saturated rings. The SMILES string of the molecule is CC1CC1CN1C(=O)CNC1c1ccccc1C(F)(F)F. The highest BCUT2D eigenvalue weighted by molar-refractivity contribution is 5.81. The lowest BCUT2D eigenvalue weighted by molar-refractivity contribution is -0.139. The van der Waals surface area contributed by atoms with E-state index in [-0.39, 0.29) is 18.0 Å². The van der Waals surface area contributed by atoms with Gasteiger partial charge < -0.3 is 4.90 Å². The minimum absolute atomic E-state index is 0.0952. The maximum Gasteiger partial charge on any atom is 0.416 e. The molecule has 1 aliphatic carbocycles. The minimum atomic E-state index is -4.41. The Labute approximate surface area is 121 Å². The number of halogens is 3. The highest BCUT2D eigenvalue weighted by atomic mass is 19.4. The number of rotatable bonds is 3. The molecular formula is C15H17F3N2O. The van der Waals surface area contributed by atoms with E-state index in [0.29, 0.717) is 18.4 Å². The summed E-state index contributed by atoms with van der Waals surface area (Å²) in [5.74, 6) is 0.836. The van der Waals surface area contributed by atoms with Crippen molar-refractivity contribution in [2.24, 2.45) is 11.8 Å². The monoisotopic (exact) mass is 298 g/mol. The molecule has 114 valence electrons. The molecule has 3 unspecified atom stereocenters. The molecule has 1 aromatic rings. The van der Waals surface area contributed by atoms with Gasteiger partial charge in [-0.1, -0.05) is 25.1 Å². The van der Waals surface area contributed by atoms with Crippen LogP contribution >= 0.6 is 0 Å². The Morgan fingerprint density at radius 1 is 1.33 bits per heavy atom. The Balaban J connectivity index is 1.90. The minimum Gasteiger partial charge on any atom is -0.322 e. The molecule has 1 N–H and O–H groups in total. The third-order valence-corrected chi connectivity index (χ3v) is 4.35. The molecular weight excluding hydrogens is 281 g/mol. The van der Waals surface area contributed by atoms with Gasteiger partial charge in [-0.25, -0.2) is 0 Å². The predicted molar refractivity (Wildman–Crippen MR) is 71.2 cm³/mol. The Morgan fingerprint density at radius 3 is 2.62 bits per heavy atom. The summed E-state index contributed by atoms with van der Waals surface area (Å²) in [5, 5.41) is 2.91. The summed E-state index contributed by atoms with van der Waals surface area (Å²) in [6.45, 7) is 2.72. The van der Waals surface area contributed by atoms with E-state index < -0.39 is 17.9 Å². The lowest BCUT2D eigenvalue weighted by atomic mass is 10.0. The van der Waals surface area contributed by atoms with Crippen LogP contribution < -0.4 is 5.32 Å². The Morgan fingerprint density at radius 2 is 2.00 bits per heavy atom. The van der Waals surface area contributed by atoms with Gasteiger partial charge in [-0.2, -0.15) is 13.2 Å². The van der Waals surface area contributed by atoms with E-state index in [9.17, 15) is 18.0 Å². The second-order valence-corrected chi connectivity index (χ2v) is 5.89. The molecule has 0 bridgehead atoms. The Kier molecular flexibility index (Phi) is 3.43. The second kappa shape index (κ2) is 5.02. The summed E-state index contributed by atoms with van der Waals surface area (Å²) < 4.78 is 39.4. The van der Waals surface area contributed by atoms with Crippen molar-refractivity contribution >= 4 is 5.91 Å². The first-order chi connectivity index (χ1) is 9.88. The van der Waals surface area contributed by atoms with Crippen LogP contribution in [0.3, 0.4) is 0 Å². The standard InChI is InChI=1S/C15H17F3N2O/c1-9-6-10(9)8-20-13(21)7-19-14(20)11-4-2-3-5-12(11)15(16,17)18/h2-5,9-10,14,19H,6-8H2,1H3. The molecule has 1 saturated carbocycles. The molecule has 2 aliphatic rings. The predicted octanol–water partition coefficient (Wildman–Crippen LogP) is 2.79. The number of carbonyl (C=O) groups excluding carboxylic acids is 1. The molecule has 3 rings (SSSR count). The molecule has 0 aromatic heterocycles. The van der Waals surface area contributed by atoms with Crippen LogP contribution in [-0.4, -0.2) is 23.9 Å². The van der Waals surface area contributed by atoms with Crippen molar-refractivity contribution in [1.82, 2.24) is 10.2 Å². The van der Waals surface area contributed by atoms with E-state index in [1.54, 1.807) is 11.0 Å². The molecule has 6 heteroatoms. The van der Waals surface area contributed by atoms with Crippen LogP contribution in [0, 0.1) is 11.8 Å². The number of benzene rings is 1. The van der Waals surface area contributed by atoms with Crippen LogP contribution in [0.25, 0.3) is 0 Å². The maximum absolute atomic E-state index is 13.1. The first-order valence-electron chi connectivity index (χ1n) is 7.07. The summed E-state index contributed by atoms with van der Waals surface area (Å²) in [6, 6.07) is 5.46. The molecule has 0 spiro atoms. The third kappa shape index (κ3) is 2.77. The van der Waals surface area contributed by atoms with Crippen molar-refractivity contribution < 1.29 is 18.0 Å². The quantitative estimate of drug-likeness (QED) is 0.930. The van der Waals surface area contributed by atoms with Crippen molar-refractivity contribution in [3.63, 3.8) is 0 Å². The van der Waals surface area contributed by atoms with Gasteiger partial charge in [0, 0.05) is 12.1 Å². The zero-order valence-electron chi connectivity index (χ0n) is 11.7. The lowest BCUT2D eigenvalue weighted by Crippen LogP contribution is -2.33. The lowest BCUT2D eigenvalue weighted by Gasteiger charge is -2.27. The number of alkyl halides is 3. The zero-order valence-corrected chi connectivity index (χ0v) is 11.7. The summed E-state index contributed by atoms with van der Waals surface area (Å²) in [4.78, 5) is 13.5. The topological polar surface area (TPSA) is 32.3 Å². The number of hydrogen-bond donors (Lipinski definition) is 1. The first kappa shape index (κ1) is 14.4. The summed E-state index contributed by atoms with van der Waals surface area (Å²) >= 11 is 0.